The summed E-state index contributed by atoms with van der Waals surface area (Å²) in [6, 6.07) is 10.6. The molecule has 0 aliphatic carbocycles. The van der Waals surface area contributed by atoms with Gasteiger partial charge in [-0.1, -0.05) is 18.2 Å². The Labute approximate surface area is 182 Å². The molecule has 1 aromatic carbocycles. The zero-order valence-corrected chi connectivity index (χ0v) is 18.3. The van der Waals surface area contributed by atoms with Gasteiger partial charge in [0.15, 0.2) is 0 Å². The number of rotatable bonds is 6. The molecule has 1 N–H and O–H groups in total. The van der Waals surface area contributed by atoms with Crippen molar-refractivity contribution in [3.8, 4) is 5.75 Å². The van der Waals surface area contributed by atoms with Gasteiger partial charge < -0.3 is 10.1 Å². The molecule has 3 aromatic rings. The number of nitrogens with one attached hydrogen (secondary N) is 1. The van der Waals surface area contributed by atoms with E-state index >= 15 is 0 Å². The van der Waals surface area contributed by atoms with Gasteiger partial charge in [-0.2, -0.15) is 4.31 Å². The molecular formula is C22H25N5O3S. The smallest absolute Gasteiger partial charge is 0.246 e. The van der Waals surface area contributed by atoms with Crippen molar-refractivity contribution >= 4 is 21.7 Å². The summed E-state index contributed by atoms with van der Waals surface area (Å²) in [5, 5.41) is 3.21. The van der Waals surface area contributed by atoms with Gasteiger partial charge in [0.05, 0.1) is 19.0 Å². The van der Waals surface area contributed by atoms with Crippen LogP contribution in [0.5, 0.6) is 5.75 Å². The highest BCUT2D eigenvalue weighted by atomic mass is 32.2. The number of ether oxygens (including phenoxy) is 1. The van der Waals surface area contributed by atoms with E-state index in [9.17, 15) is 8.42 Å². The summed E-state index contributed by atoms with van der Waals surface area (Å²) < 4.78 is 33.0. The molecule has 2 aromatic heterocycles. The first-order valence-electron chi connectivity index (χ1n) is 10.1. The third-order valence-corrected chi connectivity index (χ3v) is 7.41. The minimum absolute atomic E-state index is 0.142. The van der Waals surface area contributed by atoms with Gasteiger partial charge in [0.2, 0.25) is 10.0 Å². The number of hydrogen-bond donors (Lipinski definition) is 1. The van der Waals surface area contributed by atoms with E-state index in [1.807, 2.05) is 19.1 Å². The average Bonchev–Trinajstić information content (AvgIpc) is 2.81. The van der Waals surface area contributed by atoms with Crippen LogP contribution in [-0.4, -0.2) is 47.9 Å². The van der Waals surface area contributed by atoms with Crippen molar-refractivity contribution in [1.82, 2.24) is 19.3 Å². The molecule has 0 spiro atoms. The van der Waals surface area contributed by atoms with E-state index in [-0.39, 0.29) is 10.8 Å². The maximum absolute atomic E-state index is 13.1. The molecule has 1 aliphatic rings. The first-order chi connectivity index (χ1) is 15.0. The average molecular weight is 440 g/mol. The van der Waals surface area contributed by atoms with Crippen LogP contribution < -0.4 is 10.1 Å². The molecule has 0 saturated carbocycles. The van der Waals surface area contributed by atoms with Crippen molar-refractivity contribution in [3.05, 3.63) is 66.2 Å². The quantitative estimate of drug-likeness (QED) is 0.628. The third-order valence-electron chi connectivity index (χ3n) is 5.47. The highest BCUT2D eigenvalue weighted by Crippen LogP contribution is 2.32. The molecule has 162 valence electrons. The maximum Gasteiger partial charge on any atom is 0.246 e. The second kappa shape index (κ2) is 8.99. The third kappa shape index (κ3) is 4.52. The van der Waals surface area contributed by atoms with Crippen LogP contribution in [0.3, 0.4) is 0 Å². The number of pyridine rings is 1. The Bertz CT molecular complexity index is 1160. The second-order valence-electron chi connectivity index (χ2n) is 7.45. The number of piperidine rings is 1. The fourth-order valence-corrected chi connectivity index (χ4v) is 5.36. The van der Waals surface area contributed by atoms with Gasteiger partial charge in [-0.15, -0.1) is 0 Å². The van der Waals surface area contributed by atoms with E-state index < -0.39 is 10.0 Å². The number of aryl methyl sites for hydroxylation is 1. The Morgan fingerprint density at radius 1 is 1.10 bits per heavy atom. The van der Waals surface area contributed by atoms with Crippen LogP contribution in [0.25, 0.3) is 0 Å². The van der Waals surface area contributed by atoms with Gasteiger partial charge in [-0.3, -0.25) is 4.98 Å². The number of para-hydroxylation sites is 1. The fourth-order valence-electron chi connectivity index (χ4n) is 3.74. The first kappa shape index (κ1) is 21.2. The van der Waals surface area contributed by atoms with Crippen molar-refractivity contribution in [2.45, 2.75) is 30.6 Å². The normalized spacial score (nSPS) is 15.5. The monoisotopic (exact) mass is 439 g/mol. The molecule has 4 rings (SSSR count). The lowest BCUT2D eigenvalue weighted by Gasteiger charge is -2.31. The fraction of sp³-hybridized carbons (Fsp3) is 0.318. The minimum atomic E-state index is -3.61. The molecule has 0 amide bonds. The lowest BCUT2D eigenvalue weighted by molar-refractivity contribution is 0.314. The maximum atomic E-state index is 13.1. The zero-order chi connectivity index (χ0) is 21.8. The number of anilines is 2. The summed E-state index contributed by atoms with van der Waals surface area (Å²) in [4.78, 5) is 13.6. The van der Waals surface area contributed by atoms with E-state index in [0.717, 1.165) is 17.1 Å². The van der Waals surface area contributed by atoms with Gasteiger partial charge in [0.25, 0.3) is 0 Å². The Hall–Kier alpha value is -3.04. The van der Waals surface area contributed by atoms with Crippen molar-refractivity contribution in [3.63, 3.8) is 0 Å². The largest absolute Gasteiger partial charge is 0.495 e. The van der Waals surface area contributed by atoms with Crippen molar-refractivity contribution in [2.24, 2.45) is 0 Å². The summed E-state index contributed by atoms with van der Waals surface area (Å²) in [6.07, 6.45) is 6.50. The zero-order valence-electron chi connectivity index (χ0n) is 17.5. The highest BCUT2D eigenvalue weighted by Gasteiger charge is 2.32. The number of sulfonamides is 1. The predicted molar refractivity (Wildman–Crippen MR) is 118 cm³/mol. The van der Waals surface area contributed by atoms with Crippen LogP contribution in [0.4, 0.5) is 11.6 Å². The summed E-state index contributed by atoms with van der Waals surface area (Å²) >= 11 is 0. The van der Waals surface area contributed by atoms with Crippen LogP contribution >= 0.6 is 0 Å². The molecule has 31 heavy (non-hydrogen) atoms. The van der Waals surface area contributed by atoms with Gasteiger partial charge in [-0.25, -0.2) is 18.4 Å². The Morgan fingerprint density at radius 2 is 1.87 bits per heavy atom. The Balaban J connectivity index is 1.46. The first-order valence-corrected chi connectivity index (χ1v) is 11.6. The van der Waals surface area contributed by atoms with Crippen molar-refractivity contribution in [1.29, 1.82) is 0 Å². The number of aromatic nitrogens is 3. The lowest BCUT2D eigenvalue weighted by atomic mass is 9.95. The topological polar surface area (TPSA) is 97.3 Å². The van der Waals surface area contributed by atoms with E-state index in [4.69, 9.17) is 9.72 Å². The highest BCUT2D eigenvalue weighted by molar-refractivity contribution is 7.89. The molecule has 9 heteroatoms. The van der Waals surface area contributed by atoms with Crippen molar-refractivity contribution in [2.75, 3.05) is 25.5 Å². The summed E-state index contributed by atoms with van der Waals surface area (Å²) in [6.45, 7) is 2.82. The molecule has 1 saturated heterocycles. The summed E-state index contributed by atoms with van der Waals surface area (Å²) in [5.74, 6) is 1.87. The van der Waals surface area contributed by atoms with Crippen LogP contribution in [-0.2, 0) is 10.0 Å². The van der Waals surface area contributed by atoms with E-state index in [1.165, 1.54) is 11.4 Å². The Morgan fingerprint density at radius 3 is 2.61 bits per heavy atom. The van der Waals surface area contributed by atoms with Crippen LogP contribution in [0, 0.1) is 6.92 Å². The Kier molecular flexibility index (Phi) is 6.15. The van der Waals surface area contributed by atoms with Gasteiger partial charge >= 0.3 is 0 Å². The van der Waals surface area contributed by atoms with Crippen molar-refractivity contribution < 1.29 is 13.2 Å². The molecule has 1 aliphatic heterocycles. The predicted octanol–water partition coefficient (Wildman–Crippen LogP) is 3.50. The molecule has 0 atom stereocenters. The molecule has 3 heterocycles. The van der Waals surface area contributed by atoms with Gasteiger partial charge in [0.1, 0.15) is 22.3 Å². The van der Waals surface area contributed by atoms with Gasteiger partial charge in [0, 0.05) is 31.4 Å². The van der Waals surface area contributed by atoms with Crippen LogP contribution in [0.2, 0.25) is 0 Å². The molecule has 1 fully saturated rings. The molecule has 0 radical (unpaired) electrons. The SMILES string of the molecule is COc1ccccc1S(=O)(=O)N1CCC(c2cncc(Nc3ncccc3C)n2)CC1. The standard InChI is InChI=1S/C22H25N5O3S/c1-16-6-5-11-24-22(16)26-21-15-23-14-18(25-21)17-9-12-27(13-10-17)31(28,29)20-8-4-3-7-19(20)30-2/h3-8,11,14-15,17H,9-10,12-13H2,1-2H3,(H,24,25,26). The van der Waals surface area contributed by atoms with Gasteiger partial charge in [-0.05, 0) is 43.5 Å². The minimum Gasteiger partial charge on any atom is -0.495 e. The number of nitrogens with zero attached hydrogens (tertiary/aromatic N) is 4. The summed E-state index contributed by atoms with van der Waals surface area (Å²) in [5.41, 5.74) is 1.87. The van der Waals surface area contributed by atoms with Crippen LogP contribution in [0.1, 0.15) is 30.0 Å². The molecule has 8 nitrogen and oxygen atoms in total. The second-order valence-corrected chi connectivity index (χ2v) is 9.36. The number of hydrogen-bond acceptors (Lipinski definition) is 7. The number of methoxy groups -OCH3 is 1. The molecule has 0 bridgehead atoms. The molecule has 0 unspecified atom stereocenters. The summed E-state index contributed by atoms with van der Waals surface area (Å²) in [7, 11) is -2.13. The van der Waals surface area contributed by atoms with E-state index in [1.54, 1.807) is 42.9 Å². The van der Waals surface area contributed by atoms with E-state index in [0.29, 0.717) is 37.5 Å². The van der Waals surface area contributed by atoms with E-state index in [2.05, 4.69) is 15.3 Å². The van der Waals surface area contributed by atoms with Crippen LogP contribution in [0.15, 0.2) is 59.9 Å². The lowest BCUT2D eigenvalue weighted by Crippen LogP contribution is -2.38. The number of benzene rings is 1. The molecular weight excluding hydrogens is 414 g/mol.